The third-order valence-corrected chi connectivity index (χ3v) is 3.11. The molecule has 0 amide bonds. The van der Waals surface area contributed by atoms with E-state index < -0.39 is 23.0 Å². The highest BCUT2D eigenvalue weighted by molar-refractivity contribution is 5.92. The minimum absolute atomic E-state index is 0.122. The third-order valence-electron chi connectivity index (χ3n) is 3.11. The Hall–Kier alpha value is -2.37. The minimum atomic E-state index is -1.57. The largest absolute Gasteiger partial charge is 0.296 e. The highest BCUT2D eigenvalue weighted by Gasteiger charge is 2.46. The van der Waals surface area contributed by atoms with Crippen LogP contribution in [0.15, 0.2) is 0 Å². The van der Waals surface area contributed by atoms with Crippen LogP contribution in [-0.4, -0.2) is 5.78 Å². The number of ketones is 1. The number of nitriles is 4. The van der Waals surface area contributed by atoms with Crippen molar-refractivity contribution in [2.75, 3.05) is 0 Å². The van der Waals surface area contributed by atoms with Crippen molar-refractivity contribution in [1.82, 2.24) is 0 Å². The van der Waals surface area contributed by atoms with Crippen LogP contribution in [0.4, 0.5) is 0 Å². The minimum Gasteiger partial charge on any atom is -0.296 e. The lowest BCUT2D eigenvalue weighted by Crippen LogP contribution is -2.38. The van der Waals surface area contributed by atoms with E-state index in [2.05, 4.69) is 0 Å². The van der Waals surface area contributed by atoms with Crippen LogP contribution in [0.3, 0.4) is 0 Å². The monoisotopic (exact) mass is 226 g/mol. The first kappa shape index (κ1) is 12.7. The SMILES string of the molecule is N#CC(C#N)CC1CCCC(C#N)(C#N)C1=O. The second-order valence-corrected chi connectivity index (χ2v) is 4.13. The first-order valence-corrected chi connectivity index (χ1v) is 5.29. The van der Waals surface area contributed by atoms with E-state index in [0.717, 1.165) is 0 Å². The second kappa shape index (κ2) is 5.11. The van der Waals surface area contributed by atoms with Crippen LogP contribution in [0.2, 0.25) is 0 Å². The summed E-state index contributed by atoms with van der Waals surface area (Å²) in [5.41, 5.74) is -1.57. The van der Waals surface area contributed by atoms with E-state index >= 15 is 0 Å². The molecule has 0 saturated heterocycles. The zero-order valence-electron chi connectivity index (χ0n) is 9.18. The standard InChI is InChI=1S/C12H10N4O/c13-5-9(6-14)4-10-2-1-3-12(7-15,8-16)11(10)17/h9-10H,1-4H2. The highest BCUT2D eigenvalue weighted by atomic mass is 16.1. The van der Waals surface area contributed by atoms with Gasteiger partial charge in [0.15, 0.2) is 5.78 Å². The van der Waals surface area contributed by atoms with Crippen LogP contribution >= 0.6 is 0 Å². The fraction of sp³-hybridized carbons (Fsp3) is 0.583. The fourth-order valence-electron chi connectivity index (χ4n) is 2.11. The molecule has 1 fully saturated rings. The van der Waals surface area contributed by atoms with E-state index in [9.17, 15) is 4.79 Å². The van der Waals surface area contributed by atoms with E-state index in [1.54, 1.807) is 24.3 Å². The molecule has 0 aromatic heterocycles. The zero-order valence-corrected chi connectivity index (χ0v) is 9.18. The van der Waals surface area contributed by atoms with Crippen LogP contribution in [0.5, 0.6) is 0 Å². The first-order valence-electron chi connectivity index (χ1n) is 5.29. The van der Waals surface area contributed by atoms with Gasteiger partial charge < -0.3 is 0 Å². The van der Waals surface area contributed by atoms with Crippen LogP contribution in [0, 0.1) is 62.6 Å². The smallest absolute Gasteiger partial charge is 0.201 e. The summed E-state index contributed by atoms with van der Waals surface area (Å²) in [7, 11) is 0. The quantitative estimate of drug-likeness (QED) is 0.706. The van der Waals surface area contributed by atoms with Crippen LogP contribution in [0.25, 0.3) is 0 Å². The Morgan fingerprint density at radius 2 is 1.82 bits per heavy atom. The molecule has 0 aromatic carbocycles. The molecule has 0 aromatic rings. The van der Waals surface area contributed by atoms with Gasteiger partial charge in [-0.05, 0) is 25.7 Å². The van der Waals surface area contributed by atoms with Gasteiger partial charge >= 0.3 is 0 Å². The molecule has 1 rings (SSSR count). The summed E-state index contributed by atoms with van der Waals surface area (Å²) < 4.78 is 0. The normalized spacial score (nSPS) is 21.9. The number of rotatable bonds is 2. The Bertz CT molecular complexity index is 455. The molecule has 1 atom stereocenters. The molecule has 5 heteroatoms. The lowest BCUT2D eigenvalue weighted by atomic mass is 9.68. The van der Waals surface area contributed by atoms with Gasteiger partial charge in [-0.25, -0.2) is 0 Å². The van der Waals surface area contributed by atoms with Gasteiger partial charge in [0.25, 0.3) is 0 Å². The lowest BCUT2D eigenvalue weighted by molar-refractivity contribution is -0.130. The van der Waals surface area contributed by atoms with Crippen molar-refractivity contribution in [2.45, 2.75) is 25.7 Å². The Labute approximate surface area is 99.5 Å². The molecule has 1 unspecified atom stereocenters. The molecule has 0 N–H and O–H groups in total. The molecule has 1 aliphatic rings. The molecule has 1 aliphatic carbocycles. The van der Waals surface area contributed by atoms with Crippen molar-refractivity contribution in [3.63, 3.8) is 0 Å². The van der Waals surface area contributed by atoms with Gasteiger partial charge in [0.05, 0.1) is 24.3 Å². The van der Waals surface area contributed by atoms with E-state index in [1.807, 2.05) is 0 Å². The molecule has 5 nitrogen and oxygen atoms in total. The summed E-state index contributed by atoms with van der Waals surface area (Å²) in [5, 5.41) is 35.3. The molecule has 0 heterocycles. The summed E-state index contributed by atoms with van der Waals surface area (Å²) in [5.74, 6) is -1.80. The van der Waals surface area contributed by atoms with Gasteiger partial charge in [-0.3, -0.25) is 4.79 Å². The Morgan fingerprint density at radius 1 is 1.24 bits per heavy atom. The van der Waals surface area contributed by atoms with Crippen molar-refractivity contribution < 1.29 is 4.79 Å². The third kappa shape index (κ3) is 2.25. The molecule has 0 aliphatic heterocycles. The van der Waals surface area contributed by atoms with E-state index in [0.29, 0.717) is 12.8 Å². The highest BCUT2D eigenvalue weighted by Crippen LogP contribution is 2.37. The van der Waals surface area contributed by atoms with Crippen molar-refractivity contribution in [3.05, 3.63) is 0 Å². The number of hydrogen-bond acceptors (Lipinski definition) is 5. The molecule has 0 bridgehead atoms. The summed E-state index contributed by atoms with van der Waals surface area (Å²) in [6.07, 6.45) is 1.51. The second-order valence-electron chi connectivity index (χ2n) is 4.13. The number of carbonyl (C=O) groups excluding carboxylic acids is 1. The van der Waals surface area contributed by atoms with Gasteiger partial charge in [0, 0.05) is 5.92 Å². The van der Waals surface area contributed by atoms with Crippen LogP contribution in [0.1, 0.15) is 25.7 Å². The molecular formula is C12H10N4O. The van der Waals surface area contributed by atoms with Gasteiger partial charge in [-0.1, -0.05) is 0 Å². The van der Waals surface area contributed by atoms with Gasteiger partial charge in [0.2, 0.25) is 5.41 Å². The maximum atomic E-state index is 12.0. The Kier molecular flexibility index (Phi) is 3.82. The average Bonchev–Trinajstić information content (AvgIpc) is 2.38. The Balaban J connectivity index is 2.89. The number of Topliss-reactive ketones (excluding diaryl/α,β-unsaturated/α-hetero) is 1. The van der Waals surface area contributed by atoms with E-state index in [1.165, 1.54) is 0 Å². The van der Waals surface area contributed by atoms with Gasteiger partial charge in [-0.15, -0.1) is 0 Å². The molecule has 0 spiro atoms. The molecule has 1 saturated carbocycles. The molecule has 0 radical (unpaired) electrons. The molecule has 17 heavy (non-hydrogen) atoms. The number of hydrogen-bond donors (Lipinski definition) is 0. The zero-order chi connectivity index (χ0) is 12.9. The van der Waals surface area contributed by atoms with Crippen LogP contribution < -0.4 is 0 Å². The topological polar surface area (TPSA) is 112 Å². The van der Waals surface area contributed by atoms with Crippen molar-refractivity contribution in [2.24, 2.45) is 17.3 Å². The maximum absolute atomic E-state index is 12.0. The Morgan fingerprint density at radius 3 is 2.29 bits per heavy atom. The lowest BCUT2D eigenvalue weighted by Gasteiger charge is -2.29. The molecule has 84 valence electrons. The van der Waals surface area contributed by atoms with E-state index in [4.69, 9.17) is 21.0 Å². The van der Waals surface area contributed by atoms with Crippen LogP contribution in [-0.2, 0) is 4.79 Å². The predicted octanol–water partition coefficient (Wildman–Crippen LogP) is 1.44. The predicted molar refractivity (Wildman–Crippen MR) is 55.3 cm³/mol. The summed E-state index contributed by atoms with van der Waals surface area (Å²) in [6.45, 7) is 0. The van der Waals surface area contributed by atoms with Crippen molar-refractivity contribution >= 4 is 5.78 Å². The van der Waals surface area contributed by atoms with Crippen molar-refractivity contribution in [1.29, 1.82) is 21.0 Å². The van der Waals surface area contributed by atoms with E-state index in [-0.39, 0.29) is 12.8 Å². The number of nitrogens with zero attached hydrogens (tertiary/aromatic N) is 4. The number of carbonyl (C=O) groups is 1. The fourth-order valence-corrected chi connectivity index (χ4v) is 2.11. The average molecular weight is 226 g/mol. The summed E-state index contributed by atoms with van der Waals surface area (Å²) in [4.78, 5) is 12.0. The maximum Gasteiger partial charge on any atom is 0.201 e. The summed E-state index contributed by atoms with van der Waals surface area (Å²) >= 11 is 0. The first-order chi connectivity index (χ1) is 8.13. The van der Waals surface area contributed by atoms with Gasteiger partial charge in [-0.2, -0.15) is 21.0 Å². The summed E-state index contributed by atoms with van der Waals surface area (Å²) in [6, 6.07) is 7.17. The van der Waals surface area contributed by atoms with Gasteiger partial charge in [0.1, 0.15) is 5.92 Å². The molecular weight excluding hydrogens is 216 g/mol. The van der Waals surface area contributed by atoms with Crippen molar-refractivity contribution in [3.8, 4) is 24.3 Å².